The molecule has 18 heavy (non-hydrogen) atoms. The maximum Gasteiger partial charge on any atom is 0.240 e. The Morgan fingerprint density at radius 2 is 1.67 bits per heavy atom. The zero-order chi connectivity index (χ0) is 13.1. The van der Waals surface area contributed by atoms with Crippen molar-refractivity contribution in [3.8, 4) is 0 Å². The highest BCUT2D eigenvalue weighted by molar-refractivity contribution is 5.00. The lowest BCUT2D eigenvalue weighted by Crippen LogP contribution is -2.90. The van der Waals surface area contributed by atoms with Crippen LogP contribution < -0.4 is 5.32 Å². The Kier molecular flexibility index (Phi) is 4.71. The molecule has 0 spiro atoms. The van der Waals surface area contributed by atoms with E-state index in [9.17, 15) is 0 Å². The third-order valence-electron chi connectivity index (χ3n) is 5.82. The SMILES string of the molecule is CCCCCC12CCC(C([NH+]C)OC)(CC1)CC2. The van der Waals surface area contributed by atoms with Gasteiger partial charge in [0.25, 0.3) is 0 Å². The van der Waals surface area contributed by atoms with E-state index in [0.29, 0.717) is 10.8 Å². The minimum absolute atomic E-state index is 0.270. The molecule has 1 unspecified atom stereocenters. The Balaban J connectivity index is 1.92. The van der Waals surface area contributed by atoms with Gasteiger partial charge in [0.1, 0.15) is 7.05 Å². The molecule has 0 heterocycles. The smallest absolute Gasteiger partial charge is 0.240 e. The molecule has 0 amide bonds. The first-order chi connectivity index (χ1) is 8.70. The lowest BCUT2D eigenvalue weighted by Gasteiger charge is -2.54. The summed E-state index contributed by atoms with van der Waals surface area (Å²) in [7, 11) is 3.90. The molecule has 3 saturated carbocycles. The van der Waals surface area contributed by atoms with Crippen molar-refractivity contribution in [2.75, 3.05) is 14.2 Å². The first-order valence-corrected chi connectivity index (χ1v) is 7.90. The first kappa shape index (κ1) is 14.3. The van der Waals surface area contributed by atoms with Crippen LogP contribution in [0.2, 0.25) is 0 Å². The van der Waals surface area contributed by atoms with Gasteiger partial charge in [0.05, 0.1) is 5.41 Å². The van der Waals surface area contributed by atoms with Crippen molar-refractivity contribution in [1.82, 2.24) is 0 Å². The molecule has 0 aromatic heterocycles. The van der Waals surface area contributed by atoms with Gasteiger partial charge < -0.3 is 4.74 Å². The molecule has 0 saturated heterocycles. The van der Waals surface area contributed by atoms with Crippen LogP contribution in [0.1, 0.15) is 71.1 Å². The summed E-state index contributed by atoms with van der Waals surface area (Å²) in [5.74, 6) is 0. The highest BCUT2D eigenvalue weighted by atomic mass is 16.5. The lowest BCUT2D eigenvalue weighted by molar-refractivity contribution is -0.720. The second-order valence-corrected chi connectivity index (χ2v) is 6.72. The molecule has 0 aliphatic heterocycles. The monoisotopic (exact) mass is 253 g/mol. The van der Waals surface area contributed by atoms with E-state index in [1.54, 1.807) is 0 Å². The molecule has 2 heteroatoms. The Bertz CT molecular complexity index is 235. The fraction of sp³-hybridized carbons (Fsp3) is 1.00. The van der Waals surface area contributed by atoms with E-state index in [4.69, 9.17) is 4.74 Å². The molecule has 3 fully saturated rings. The van der Waals surface area contributed by atoms with Gasteiger partial charge in [-0.2, -0.15) is 5.32 Å². The molecule has 1 N–H and O–H groups in total. The van der Waals surface area contributed by atoms with Crippen molar-refractivity contribution >= 4 is 0 Å². The van der Waals surface area contributed by atoms with Gasteiger partial charge in [-0.05, 0) is 50.4 Å². The quantitative estimate of drug-likeness (QED) is 0.548. The van der Waals surface area contributed by atoms with E-state index in [1.165, 1.54) is 64.2 Å². The van der Waals surface area contributed by atoms with Gasteiger partial charge in [-0.1, -0.05) is 26.2 Å². The summed E-state index contributed by atoms with van der Waals surface area (Å²) in [5, 5.41) is 3.38. The second kappa shape index (κ2) is 5.92. The largest absolute Gasteiger partial charge is 0.328 e. The molecule has 3 aliphatic rings. The van der Waals surface area contributed by atoms with E-state index < -0.39 is 0 Å². The summed E-state index contributed by atoms with van der Waals surface area (Å²) in [6, 6.07) is 0. The predicted octanol–water partition coefficient (Wildman–Crippen LogP) is 2.86. The fourth-order valence-electron chi connectivity index (χ4n) is 4.48. The minimum Gasteiger partial charge on any atom is -0.328 e. The summed E-state index contributed by atoms with van der Waals surface area (Å²) < 4.78 is 5.68. The first-order valence-electron chi connectivity index (χ1n) is 7.90. The molecule has 1 atom stereocenters. The number of fused-ring (bicyclic) bond motifs is 3. The number of ether oxygens (including phenoxy) is 1. The number of hydrogen-bond donors (Lipinski definition) is 1. The van der Waals surface area contributed by atoms with Gasteiger partial charge in [-0.25, -0.2) is 0 Å². The lowest BCUT2D eigenvalue weighted by atomic mass is 9.52. The van der Waals surface area contributed by atoms with Crippen LogP contribution >= 0.6 is 0 Å². The van der Waals surface area contributed by atoms with Crippen molar-refractivity contribution < 1.29 is 10.1 Å². The summed E-state index contributed by atoms with van der Waals surface area (Å²) in [4.78, 5) is 0. The van der Waals surface area contributed by atoms with Crippen molar-refractivity contribution in [3.05, 3.63) is 0 Å². The van der Waals surface area contributed by atoms with E-state index in [0.717, 1.165) is 0 Å². The maximum atomic E-state index is 5.68. The zero-order valence-corrected chi connectivity index (χ0v) is 12.6. The topological polar surface area (TPSA) is 24.8 Å². The Hall–Kier alpha value is -0.0800. The maximum absolute atomic E-state index is 5.68. The Morgan fingerprint density at radius 1 is 1.06 bits per heavy atom. The molecule has 0 aromatic carbocycles. The standard InChI is InChI=1S/C16H31NO/c1-4-5-6-7-15-8-11-16(12-9-15,13-10-15)14(17-2)18-3/h14,17H,4-13H2,1-3H3/q+1. The van der Waals surface area contributed by atoms with E-state index in [-0.39, 0.29) is 6.23 Å². The predicted molar refractivity (Wildman–Crippen MR) is 74.4 cm³/mol. The molecule has 3 aliphatic carbocycles. The number of unbranched alkanes of at least 4 members (excludes halogenated alkanes) is 2. The molecule has 2 bridgehead atoms. The van der Waals surface area contributed by atoms with Crippen molar-refractivity contribution in [3.63, 3.8) is 0 Å². The van der Waals surface area contributed by atoms with Crippen LogP contribution in [-0.4, -0.2) is 20.4 Å². The van der Waals surface area contributed by atoms with Crippen LogP contribution in [0, 0.1) is 10.8 Å². The van der Waals surface area contributed by atoms with E-state index >= 15 is 0 Å². The van der Waals surface area contributed by atoms with E-state index in [1.807, 2.05) is 14.2 Å². The van der Waals surface area contributed by atoms with Crippen LogP contribution in [-0.2, 0) is 4.74 Å². The molecule has 105 valence electrons. The average Bonchev–Trinajstić information content (AvgIpc) is 2.42. The summed E-state index contributed by atoms with van der Waals surface area (Å²) in [5.41, 5.74) is 1.15. The Labute approximate surface area is 113 Å². The van der Waals surface area contributed by atoms with Gasteiger partial charge in [-0.15, -0.1) is 0 Å². The second-order valence-electron chi connectivity index (χ2n) is 6.72. The Morgan fingerprint density at radius 3 is 2.11 bits per heavy atom. The van der Waals surface area contributed by atoms with Gasteiger partial charge in [0, 0.05) is 7.11 Å². The number of hydrogen-bond acceptors (Lipinski definition) is 2. The summed E-state index contributed by atoms with van der Waals surface area (Å²) in [6.07, 6.45) is 14.4. The highest BCUT2D eigenvalue weighted by Crippen LogP contribution is 2.59. The fourth-order valence-corrected chi connectivity index (χ4v) is 4.48. The van der Waals surface area contributed by atoms with Gasteiger partial charge in [-0.3, -0.25) is 0 Å². The molecular weight excluding hydrogens is 222 g/mol. The third-order valence-corrected chi connectivity index (χ3v) is 5.82. The number of rotatable bonds is 7. The number of methoxy groups -OCH3 is 1. The molecular formula is C16H31NO+. The molecule has 3 rings (SSSR count). The van der Waals surface area contributed by atoms with Crippen molar-refractivity contribution in [2.24, 2.45) is 10.8 Å². The van der Waals surface area contributed by atoms with E-state index in [2.05, 4.69) is 12.2 Å². The third kappa shape index (κ3) is 2.60. The van der Waals surface area contributed by atoms with Crippen LogP contribution in [0.4, 0.5) is 0 Å². The van der Waals surface area contributed by atoms with Crippen LogP contribution in [0.3, 0.4) is 0 Å². The molecule has 2 nitrogen and oxygen atoms in total. The van der Waals surface area contributed by atoms with Crippen LogP contribution in [0.15, 0.2) is 0 Å². The van der Waals surface area contributed by atoms with Gasteiger partial charge in [0.2, 0.25) is 6.23 Å². The summed E-state index contributed by atoms with van der Waals surface area (Å²) in [6.45, 7) is 2.31. The average molecular weight is 253 g/mol. The van der Waals surface area contributed by atoms with Crippen LogP contribution in [0.5, 0.6) is 0 Å². The zero-order valence-electron chi connectivity index (χ0n) is 12.6. The number of nitrogens with one attached hydrogen (secondary N) is 1. The van der Waals surface area contributed by atoms with Gasteiger partial charge in [0.15, 0.2) is 0 Å². The molecule has 0 aromatic rings. The van der Waals surface area contributed by atoms with Crippen molar-refractivity contribution in [1.29, 1.82) is 0 Å². The highest BCUT2D eigenvalue weighted by Gasteiger charge is 2.54. The van der Waals surface area contributed by atoms with Crippen molar-refractivity contribution in [2.45, 2.75) is 77.4 Å². The van der Waals surface area contributed by atoms with Crippen LogP contribution in [0.25, 0.3) is 0 Å². The minimum atomic E-state index is 0.270. The summed E-state index contributed by atoms with van der Waals surface area (Å²) >= 11 is 0. The molecule has 1 radical (unpaired) electrons. The normalized spacial score (nSPS) is 36.8. The van der Waals surface area contributed by atoms with Gasteiger partial charge >= 0.3 is 0 Å².